The van der Waals surface area contributed by atoms with Crippen LogP contribution in [0.2, 0.25) is 10.0 Å². The van der Waals surface area contributed by atoms with Gasteiger partial charge in [-0.1, -0.05) is 28.4 Å². The van der Waals surface area contributed by atoms with Gasteiger partial charge in [0.2, 0.25) is 27.6 Å². The third kappa shape index (κ3) is 5.05. The fraction of sp³-hybridized carbons (Fsp3) is 0.318. The lowest BCUT2D eigenvalue weighted by atomic mass is 9.98. The number of hydrogen-bond acceptors (Lipinski definition) is 7. The van der Waals surface area contributed by atoms with Crippen LogP contribution < -0.4 is 10.1 Å². The van der Waals surface area contributed by atoms with Crippen LogP contribution in [0.15, 0.2) is 45.8 Å². The van der Waals surface area contributed by atoms with Gasteiger partial charge < -0.3 is 14.6 Å². The van der Waals surface area contributed by atoms with Crippen LogP contribution in [0.3, 0.4) is 0 Å². The number of halogens is 2. The predicted octanol–water partition coefficient (Wildman–Crippen LogP) is 4.40. The number of nitrogens with one attached hydrogen (secondary N) is 1. The van der Waals surface area contributed by atoms with Crippen molar-refractivity contribution in [3.05, 3.63) is 52.3 Å². The first-order chi connectivity index (χ1) is 16.2. The number of piperidine rings is 1. The molecule has 4 rings (SSSR count). The monoisotopic (exact) mass is 524 g/mol. The van der Waals surface area contributed by atoms with Gasteiger partial charge in [-0.15, -0.1) is 0 Å². The van der Waals surface area contributed by atoms with Gasteiger partial charge in [-0.2, -0.15) is 9.29 Å². The number of nitrogens with zero attached hydrogens (tertiary/aromatic N) is 3. The maximum absolute atomic E-state index is 13.5. The third-order valence-corrected chi connectivity index (χ3v) is 8.15. The summed E-state index contributed by atoms with van der Waals surface area (Å²) >= 11 is 12.4. The molecule has 1 aliphatic heterocycles. The molecule has 1 aliphatic rings. The summed E-state index contributed by atoms with van der Waals surface area (Å²) in [6, 6.07) is 9.43. The van der Waals surface area contributed by atoms with Gasteiger partial charge >= 0.3 is 0 Å². The van der Waals surface area contributed by atoms with Gasteiger partial charge in [-0.3, -0.25) is 4.79 Å². The Bertz CT molecular complexity index is 1330. The lowest BCUT2D eigenvalue weighted by Gasteiger charge is -2.31. The van der Waals surface area contributed by atoms with Gasteiger partial charge in [-0.25, -0.2) is 8.42 Å². The van der Waals surface area contributed by atoms with E-state index < -0.39 is 15.9 Å². The molecule has 0 spiro atoms. The average Bonchev–Trinajstić information content (AvgIpc) is 3.25. The molecule has 2 aromatic carbocycles. The minimum atomic E-state index is -3.97. The van der Waals surface area contributed by atoms with Crippen LogP contribution in [0.4, 0.5) is 5.69 Å². The van der Waals surface area contributed by atoms with E-state index in [4.69, 9.17) is 32.5 Å². The van der Waals surface area contributed by atoms with Crippen LogP contribution in [-0.4, -0.2) is 49.0 Å². The maximum Gasteiger partial charge on any atom is 0.244 e. The molecule has 1 atom stereocenters. The molecule has 1 saturated heterocycles. The van der Waals surface area contributed by atoms with E-state index >= 15 is 0 Å². The summed E-state index contributed by atoms with van der Waals surface area (Å²) in [6.45, 7) is 1.95. The van der Waals surface area contributed by atoms with Gasteiger partial charge in [-0.05, 0) is 49.2 Å². The maximum atomic E-state index is 13.5. The van der Waals surface area contributed by atoms with Crippen LogP contribution in [0.25, 0.3) is 11.4 Å². The van der Waals surface area contributed by atoms with Crippen molar-refractivity contribution in [3.8, 4) is 17.1 Å². The quantitative estimate of drug-likeness (QED) is 0.507. The summed E-state index contributed by atoms with van der Waals surface area (Å²) in [4.78, 5) is 17.0. The number of carbonyl (C=O) groups is 1. The summed E-state index contributed by atoms with van der Waals surface area (Å²) in [7, 11) is -2.47. The van der Waals surface area contributed by atoms with Crippen molar-refractivity contribution in [3.63, 3.8) is 0 Å². The van der Waals surface area contributed by atoms with Gasteiger partial charge in [0.25, 0.3) is 0 Å². The van der Waals surface area contributed by atoms with Gasteiger partial charge in [0, 0.05) is 31.3 Å². The number of anilines is 1. The fourth-order valence-corrected chi connectivity index (χ4v) is 6.04. The molecule has 0 aliphatic carbocycles. The fourth-order valence-electron chi connectivity index (χ4n) is 3.76. The number of hydrogen-bond donors (Lipinski definition) is 1. The van der Waals surface area contributed by atoms with E-state index in [0.29, 0.717) is 40.8 Å². The van der Waals surface area contributed by atoms with Crippen molar-refractivity contribution >= 4 is 44.8 Å². The molecule has 0 radical (unpaired) electrons. The lowest BCUT2D eigenvalue weighted by Crippen LogP contribution is -2.43. The molecule has 9 nitrogen and oxygen atoms in total. The number of ether oxygens (including phenoxy) is 1. The number of aryl methyl sites for hydroxylation is 1. The van der Waals surface area contributed by atoms with Crippen molar-refractivity contribution in [1.29, 1.82) is 0 Å². The number of rotatable bonds is 6. The number of methoxy groups -OCH3 is 1. The van der Waals surface area contributed by atoms with Crippen LogP contribution >= 0.6 is 23.2 Å². The number of benzene rings is 2. The number of carbonyl (C=O) groups excluding carboxylic acids is 1. The zero-order chi connectivity index (χ0) is 24.5. The number of aromatic nitrogens is 2. The molecule has 12 heteroatoms. The Morgan fingerprint density at radius 1 is 1.21 bits per heavy atom. The standard InChI is InChI=1S/C22H22Cl2N4O5S/c1-13-25-21(27-33-13)14-5-7-17(23)20(10-14)34(30,31)28-9-3-4-15(12-28)22(29)26-16-6-8-19(32-2)18(24)11-16/h5-8,10-11,15H,3-4,9,12H2,1-2H3,(H,26,29). The third-order valence-electron chi connectivity index (χ3n) is 5.51. The summed E-state index contributed by atoms with van der Waals surface area (Å²) < 4.78 is 38.3. The Labute approximate surface area is 207 Å². The van der Waals surface area contributed by atoms with E-state index in [1.807, 2.05) is 0 Å². The van der Waals surface area contributed by atoms with E-state index in [-0.39, 0.29) is 34.7 Å². The van der Waals surface area contributed by atoms with Crippen LogP contribution in [0, 0.1) is 12.8 Å². The molecule has 3 aromatic rings. The minimum Gasteiger partial charge on any atom is -0.495 e. The van der Waals surface area contributed by atoms with Crippen LogP contribution in [0.5, 0.6) is 5.75 Å². The van der Waals surface area contributed by atoms with Crippen molar-refractivity contribution in [1.82, 2.24) is 14.4 Å². The van der Waals surface area contributed by atoms with Gasteiger partial charge in [0.05, 0.1) is 23.1 Å². The Kier molecular flexibility index (Phi) is 7.13. The Balaban J connectivity index is 1.53. The molecular formula is C22H22Cl2N4O5S. The highest BCUT2D eigenvalue weighted by Crippen LogP contribution is 2.32. The molecule has 0 bridgehead atoms. The number of amides is 1. The molecule has 2 heterocycles. The topological polar surface area (TPSA) is 115 Å². The highest BCUT2D eigenvalue weighted by atomic mass is 35.5. The second kappa shape index (κ2) is 9.91. The Hall–Kier alpha value is -2.66. The van der Waals surface area contributed by atoms with E-state index in [1.165, 1.54) is 23.5 Å². The van der Waals surface area contributed by atoms with E-state index in [2.05, 4.69) is 15.5 Å². The molecule has 34 heavy (non-hydrogen) atoms. The largest absolute Gasteiger partial charge is 0.495 e. The summed E-state index contributed by atoms with van der Waals surface area (Å²) in [5, 5.41) is 7.08. The second-order valence-electron chi connectivity index (χ2n) is 7.82. The molecule has 1 amide bonds. The van der Waals surface area contributed by atoms with Crippen molar-refractivity contribution in [2.24, 2.45) is 5.92 Å². The second-order valence-corrected chi connectivity index (χ2v) is 10.5. The summed E-state index contributed by atoms with van der Waals surface area (Å²) in [6.07, 6.45) is 1.08. The van der Waals surface area contributed by atoms with Crippen molar-refractivity contribution in [2.75, 3.05) is 25.5 Å². The highest BCUT2D eigenvalue weighted by molar-refractivity contribution is 7.89. The first-order valence-electron chi connectivity index (χ1n) is 10.4. The van der Waals surface area contributed by atoms with Gasteiger partial charge in [0.15, 0.2) is 0 Å². The van der Waals surface area contributed by atoms with E-state index in [9.17, 15) is 13.2 Å². The Morgan fingerprint density at radius 2 is 2.00 bits per heavy atom. The van der Waals surface area contributed by atoms with Crippen molar-refractivity contribution < 1.29 is 22.5 Å². The van der Waals surface area contributed by atoms with Crippen LogP contribution in [-0.2, 0) is 14.8 Å². The molecule has 1 unspecified atom stereocenters. The summed E-state index contributed by atoms with van der Waals surface area (Å²) in [5.74, 6) is 0.288. The predicted molar refractivity (Wildman–Crippen MR) is 128 cm³/mol. The zero-order valence-corrected chi connectivity index (χ0v) is 20.7. The molecule has 1 fully saturated rings. The van der Waals surface area contributed by atoms with Crippen molar-refractivity contribution in [2.45, 2.75) is 24.7 Å². The van der Waals surface area contributed by atoms with Crippen LogP contribution in [0.1, 0.15) is 18.7 Å². The molecule has 180 valence electrons. The first-order valence-corrected chi connectivity index (χ1v) is 12.6. The Morgan fingerprint density at radius 3 is 2.68 bits per heavy atom. The summed E-state index contributed by atoms with van der Waals surface area (Å²) in [5.41, 5.74) is 0.962. The average molecular weight is 525 g/mol. The highest BCUT2D eigenvalue weighted by Gasteiger charge is 2.34. The molecule has 1 N–H and O–H groups in total. The zero-order valence-electron chi connectivity index (χ0n) is 18.4. The smallest absolute Gasteiger partial charge is 0.244 e. The minimum absolute atomic E-state index is 0.0277. The lowest BCUT2D eigenvalue weighted by molar-refractivity contribution is -0.120. The first kappa shape index (κ1) is 24.5. The van der Waals surface area contributed by atoms with E-state index in [1.54, 1.807) is 31.2 Å². The molecule has 0 saturated carbocycles. The molecule has 1 aromatic heterocycles. The SMILES string of the molecule is COc1ccc(NC(=O)C2CCCN(S(=O)(=O)c3cc(-c4noc(C)n4)ccc3Cl)C2)cc1Cl. The normalized spacial score (nSPS) is 16.9. The van der Waals surface area contributed by atoms with E-state index in [0.717, 1.165) is 0 Å². The van der Waals surface area contributed by atoms with Gasteiger partial charge in [0.1, 0.15) is 10.6 Å². The number of sulfonamides is 1. The molecular weight excluding hydrogens is 503 g/mol.